The van der Waals surface area contributed by atoms with E-state index in [4.69, 9.17) is 0 Å². The van der Waals surface area contributed by atoms with Gasteiger partial charge in [-0.2, -0.15) is 0 Å². The molecule has 1 aromatic heterocycles. The van der Waals surface area contributed by atoms with E-state index in [9.17, 15) is 14.9 Å². The monoisotopic (exact) mass is 314 g/mol. The van der Waals surface area contributed by atoms with Crippen LogP contribution in [0.1, 0.15) is 29.8 Å². The van der Waals surface area contributed by atoms with E-state index in [-0.39, 0.29) is 24.0 Å². The number of carbonyl (C=O) groups is 1. The first-order valence-electron chi connectivity index (χ1n) is 6.92. The van der Waals surface area contributed by atoms with Crippen LogP contribution in [0.5, 0.6) is 0 Å². The summed E-state index contributed by atoms with van der Waals surface area (Å²) < 4.78 is 0. The summed E-state index contributed by atoms with van der Waals surface area (Å²) in [5.74, 6) is -0.140. The molecule has 2 aliphatic rings. The summed E-state index contributed by atoms with van der Waals surface area (Å²) >= 11 is 0. The van der Waals surface area contributed by atoms with Gasteiger partial charge in [0.1, 0.15) is 5.69 Å². The van der Waals surface area contributed by atoms with E-state index in [0.717, 1.165) is 39.0 Å². The Labute approximate surface area is 128 Å². The first-order valence-corrected chi connectivity index (χ1v) is 6.92. The lowest BCUT2D eigenvalue weighted by Gasteiger charge is -2.38. The van der Waals surface area contributed by atoms with Gasteiger partial charge in [-0.25, -0.2) is 0 Å². The molecule has 0 saturated carbocycles. The maximum absolute atomic E-state index is 12.3. The zero-order chi connectivity index (χ0) is 14.2. The summed E-state index contributed by atoms with van der Waals surface area (Å²) in [7, 11) is 0. The predicted molar refractivity (Wildman–Crippen MR) is 79.8 cm³/mol. The second-order valence-electron chi connectivity index (χ2n) is 5.75. The molecule has 0 atom stereocenters. The molecule has 0 aliphatic carbocycles. The standard InChI is InChI=1S/C13H18N4O3.ClH/c18-12(11-7-10(8-15-11)17(19)20)16-5-2-13(3-6-16)1-4-14-9-13;/h7-8,14-15H,1-6,9H2;1H. The first kappa shape index (κ1) is 15.8. The largest absolute Gasteiger partial charge is 0.351 e. The summed E-state index contributed by atoms with van der Waals surface area (Å²) in [6, 6.07) is 1.31. The molecule has 0 radical (unpaired) electrons. The van der Waals surface area contributed by atoms with Gasteiger partial charge >= 0.3 is 0 Å². The van der Waals surface area contributed by atoms with Crippen molar-refractivity contribution < 1.29 is 9.72 Å². The number of nitro groups is 1. The highest BCUT2D eigenvalue weighted by molar-refractivity contribution is 5.93. The molecule has 21 heavy (non-hydrogen) atoms. The van der Waals surface area contributed by atoms with Crippen molar-refractivity contribution in [3.63, 3.8) is 0 Å². The summed E-state index contributed by atoms with van der Waals surface area (Å²) in [6.45, 7) is 3.57. The molecule has 1 spiro atoms. The van der Waals surface area contributed by atoms with Crippen LogP contribution in [0.4, 0.5) is 5.69 Å². The topological polar surface area (TPSA) is 91.3 Å². The lowest BCUT2D eigenvalue weighted by atomic mass is 9.78. The number of likely N-dealkylation sites (tertiary alicyclic amines) is 1. The number of nitrogens with zero attached hydrogens (tertiary/aromatic N) is 2. The van der Waals surface area contributed by atoms with E-state index in [1.54, 1.807) is 4.90 Å². The Bertz CT molecular complexity index is 529. The lowest BCUT2D eigenvalue weighted by Crippen LogP contribution is -2.44. The van der Waals surface area contributed by atoms with Crippen LogP contribution in [-0.2, 0) is 0 Å². The molecule has 7 nitrogen and oxygen atoms in total. The molecule has 1 amide bonds. The number of rotatable bonds is 2. The van der Waals surface area contributed by atoms with Crippen molar-refractivity contribution in [3.05, 3.63) is 28.1 Å². The quantitative estimate of drug-likeness (QED) is 0.640. The van der Waals surface area contributed by atoms with E-state index in [0.29, 0.717) is 11.1 Å². The van der Waals surface area contributed by atoms with Crippen LogP contribution >= 0.6 is 12.4 Å². The van der Waals surface area contributed by atoms with Crippen molar-refractivity contribution in [1.82, 2.24) is 15.2 Å². The van der Waals surface area contributed by atoms with Gasteiger partial charge in [0.25, 0.3) is 11.6 Å². The van der Waals surface area contributed by atoms with Gasteiger partial charge in [0, 0.05) is 25.7 Å². The van der Waals surface area contributed by atoms with Gasteiger partial charge in [-0.1, -0.05) is 0 Å². The van der Waals surface area contributed by atoms with Gasteiger partial charge < -0.3 is 15.2 Å². The highest BCUT2D eigenvalue weighted by atomic mass is 35.5. The average Bonchev–Trinajstić information content (AvgIpc) is 3.08. The Balaban J connectivity index is 0.00000161. The number of carbonyl (C=O) groups excluding carboxylic acids is 1. The molecule has 0 bridgehead atoms. The van der Waals surface area contributed by atoms with E-state index in [2.05, 4.69) is 10.3 Å². The van der Waals surface area contributed by atoms with Gasteiger partial charge in [-0.15, -0.1) is 12.4 Å². The Morgan fingerprint density at radius 3 is 2.57 bits per heavy atom. The molecule has 3 rings (SSSR count). The van der Waals surface area contributed by atoms with Gasteiger partial charge in [0.15, 0.2) is 0 Å². The SMILES string of the molecule is Cl.O=C(c1cc([N+](=O)[O-])c[nH]1)N1CCC2(CCNC2)CC1. The number of H-pyrrole nitrogens is 1. The van der Waals surface area contributed by atoms with Gasteiger partial charge in [-0.3, -0.25) is 14.9 Å². The maximum Gasteiger partial charge on any atom is 0.287 e. The second-order valence-corrected chi connectivity index (χ2v) is 5.75. The molecule has 0 unspecified atom stereocenters. The molecule has 3 heterocycles. The number of nitrogens with one attached hydrogen (secondary N) is 2. The zero-order valence-corrected chi connectivity index (χ0v) is 12.4. The van der Waals surface area contributed by atoms with E-state index in [1.165, 1.54) is 18.7 Å². The van der Waals surface area contributed by atoms with Crippen LogP contribution in [0.2, 0.25) is 0 Å². The number of aromatic nitrogens is 1. The van der Waals surface area contributed by atoms with Crippen LogP contribution in [0.15, 0.2) is 12.3 Å². The van der Waals surface area contributed by atoms with Crippen molar-refractivity contribution in [1.29, 1.82) is 0 Å². The number of aromatic amines is 1. The predicted octanol–water partition coefficient (Wildman–Crippen LogP) is 1.56. The second kappa shape index (κ2) is 6.03. The molecule has 1 aromatic rings. The third-order valence-electron chi connectivity index (χ3n) is 4.55. The number of amides is 1. The average molecular weight is 315 g/mol. The van der Waals surface area contributed by atoms with Gasteiger partial charge in [-0.05, 0) is 31.2 Å². The van der Waals surface area contributed by atoms with Crippen molar-refractivity contribution in [2.75, 3.05) is 26.2 Å². The van der Waals surface area contributed by atoms with E-state index in [1.807, 2.05) is 0 Å². The molecule has 2 saturated heterocycles. The van der Waals surface area contributed by atoms with Crippen molar-refractivity contribution in [3.8, 4) is 0 Å². The highest BCUT2D eigenvalue weighted by Crippen LogP contribution is 2.37. The van der Waals surface area contributed by atoms with Crippen LogP contribution in [0, 0.1) is 15.5 Å². The van der Waals surface area contributed by atoms with E-state index < -0.39 is 4.92 Å². The molecule has 2 fully saturated rings. The van der Waals surface area contributed by atoms with E-state index >= 15 is 0 Å². The highest BCUT2D eigenvalue weighted by Gasteiger charge is 2.38. The van der Waals surface area contributed by atoms with Crippen molar-refractivity contribution in [2.45, 2.75) is 19.3 Å². The molecular weight excluding hydrogens is 296 g/mol. The van der Waals surface area contributed by atoms with Crippen LogP contribution in [0.25, 0.3) is 0 Å². The molecule has 0 aromatic carbocycles. The number of halogens is 1. The fraction of sp³-hybridized carbons (Fsp3) is 0.615. The summed E-state index contributed by atoms with van der Waals surface area (Å²) in [6.07, 6.45) is 4.46. The summed E-state index contributed by atoms with van der Waals surface area (Å²) in [5.41, 5.74) is 0.595. The third-order valence-corrected chi connectivity index (χ3v) is 4.55. The Morgan fingerprint density at radius 2 is 2.05 bits per heavy atom. The number of piperidine rings is 1. The van der Waals surface area contributed by atoms with Crippen molar-refractivity contribution in [2.24, 2.45) is 5.41 Å². The molecule has 2 N–H and O–H groups in total. The summed E-state index contributed by atoms with van der Waals surface area (Å²) in [5, 5.41) is 14.0. The third kappa shape index (κ3) is 3.03. The van der Waals surface area contributed by atoms with Crippen LogP contribution in [-0.4, -0.2) is 46.9 Å². The lowest BCUT2D eigenvalue weighted by molar-refractivity contribution is -0.384. The number of hydrogen-bond acceptors (Lipinski definition) is 4. The minimum Gasteiger partial charge on any atom is -0.351 e. The molecule has 2 aliphatic heterocycles. The minimum absolute atomic E-state index is 0. The fourth-order valence-electron chi connectivity index (χ4n) is 3.19. The summed E-state index contributed by atoms with van der Waals surface area (Å²) in [4.78, 5) is 26.9. The number of hydrogen-bond donors (Lipinski definition) is 2. The molecular formula is C13H19ClN4O3. The van der Waals surface area contributed by atoms with Crippen LogP contribution < -0.4 is 5.32 Å². The van der Waals surface area contributed by atoms with Gasteiger partial charge in [0.05, 0.1) is 11.1 Å². The van der Waals surface area contributed by atoms with Gasteiger partial charge in [0.2, 0.25) is 0 Å². The Kier molecular flexibility index (Phi) is 4.53. The first-order chi connectivity index (χ1) is 9.60. The molecule has 116 valence electrons. The molecule has 8 heteroatoms. The fourth-order valence-corrected chi connectivity index (χ4v) is 3.19. The van der Waals surface area contributed by atoms with Crippen LogP contribution in [0.3, 0.4) is 0 Å². The van der Waals surface area contributed by atoms with Crippen molar-refractivity contribution >= 4 is 24.0 Å². The minimum atomic E-state index is -0.497. The Hall–Kier alpha value is -1.60. The Morgan fingerprint density at radius 1 is 1.33 bits per heavy atom. The maximum atomic E-state index is 12.3. The smallest absolute Gasteiger partial charge is 0.287 e. The normalized spacial score (nSPS) is 20.3. The zero-order valence-electron chi connectivity index (χ0n) is 11.6.